The van der Waals surface area contributed by atoms with Crippen LogP contribution in [0.25, 0.3) is 0 Å². The SMILES string of the molecule is Cc1ccc(N2CCCC2)c(C(=O)N2CC[C@H](C(=O)O)C2)c1. The highest BCUT2D eigenvalue weighted by atomic mass is 16.4. The number of likely N-dealkylation sites (tertiary alicyclic amines) is 1. The molecule has 2 saturated heterocycles. The first-order valence-corrected chi connectivity index (χ1v) is 7.94. The first-order chi connectivity index (χ1) is 10.6. The predicted octanol–water partition coefficient (Wildman–Crippen LogP) is 2.14. The number of anilines is 1. The minimum atomic E-state index is -0.806. The summed E-state index contributed by atoms with van der Waals surface area (Å²) in [5, 5.41) is 9.11. The van der Waals surface area contributed by atoms with Crippen LogP contribution in [0.2, 0.25) is 0 Å². The summed E-state index contributed by atoms with van der Waals surface area (Å²) in [4.78, 5) is 27.9. The summed E-state index contributed by atoms with van der Waals surface area (Å²) in [6.45, 7) is 4.81. The van der Waals surface area contributed by atoms with Gasteiger partial charge >= 0.3 is 5.97 Å². The van der Waals surface area contributed by atoms with Gasteiger partial charge in [-0.2, -0.15) is 0 Å². The van der Waals surface area contributed by atoms with Crippen molar-refractivity contribution in [2.24, 2.45) is 5.92 Å². The summed E-state index contributed by atoms with van der Waals surface area (Å²) in [6, 6.07) is 6.00. The number of carboxylic acids is 1. The first-order valence-electron chi connectivity index (χ1n) is 7.94. The van der Waals surface area contributed by atoms with Crippen molar-refractivity contribution >= 4 is 17.6 Å². The van der Waals surface area contributed by atoms with E-state index in [9.17, 15) is 9.59 Å². The molecule has 2 aliphatic rings. The molecule has 2 heterocycles. The van der Waals surface area contributed by atoms with Crippen LogP contribution in [0, 0.1) is 12.8 Å². The lowest BCUT2D eigenvalue weighted by Gasteiger charge is -2.24. The molecule has 0 aliphatic carbocycles. The van der Waals surface area contributed by atoms with E-state index >= 15 is 0 Å². The lowest BCUT2D eigenvalue weighted by molar-refractivity contribution is -0.141. The maximum absolute atomic E-state index is 12.9. The molecule has 1 aromatic carbocycles. The summed E-state index contributed by atoms with van der Waals surface area (Å²) in [5.41, 5.74) is 2.76. The van der Waals surface area contributed by atoms with Gasteiger partial charge in [0, 0.05) is 31.9 Å². The van der Waals surface area contributed by atoms with Crippen molar-refractivity contribution in [3.63, 3.8) is 0 Å². The van der Waals surface area contributed by atoms with Crippen LogP contribution >= 0.6 is 0 Å². The molecular weight excluding hydrogens is 280 g/mol. The highest BCUT2D eigenvalue weighted by Gasteiger charge is 2.32. The van der Waals surface area contributed by atoms with E-state index < -0.39 is 11.9 Å². The first kappa shape index (κ1) is 14.9. The van der Waals surface area contributed by atoms with Gasteiger partial charge in [-0.3, -0.25) is 9.59 Å². The van der Waals surface area contributed by atoms with Crippen molar-refractivity contribution in [2.75, 3.05) is 31.1 Å². The summed E-state index contributed by atoms with van der Waals surface area (Å²) >= 11 is 0. The number of carboxylic acid groups (broad SMARTS) is 1. The van der Waals surface area contributed by atoms with E-state index in [-0.39, 0.29) is 5.91 Å². The van der Waals surface area contributed by atoms with Gasteiger partial charge in [0.15, 0.2) is 0 Å². The van der Waals surface area contributed by atoms with E-state index in [0.717, 1.165) is 37.2 Å². The molecule has 5 nitrogen and oxygen atoms in total. The Morgan fingerprint density at radius 1 is 1.18 bits per heavy atom. The Labute approximate surface area is 130 Å². The third-order valence-corrected chi connectivity index (χ3v) is 4.65. The average Bonchev–Trinajstić information content (AvgIpc) is 3.18. The second-order valence-electron chi connectivity index (χ2n) is 6.29. The number of amides is 1. The minimum Gasteiger partial charge on any atom is -0.481 e. The summed E-state index contributed by atoms with van der Waals surface area (Å²) in [5.74, 6) is -1.27. The van der Waals surface area contributed by atoms with Crippen molar-refractivity contribution in [3.8, 4) is 0 Å². The van der Waals surface area contributed by atoms with Crippen LogP contribution in [-0.4, -0.2) is 48.1 Å². The minimum absolute atomic E-state index is 0.0330. The normalized spacial score (nSPS) is 21.4. The van der Waals surface area contributed by atoms with E-state index in [2.05, 4.69) is 4.90 Å². The molecule has 2 fully saturated rings. The van der Waals surface area contributed by atoms with E-state index in [0.29, 0.717) is 25.1 Å². The zero-order valence-corrected chi connectivity index (χ0v) is 12.9. The Kier molecular flexibility index (Phi) is 4.05. The van der Waals surface area contributed by atoms with Gasteiger partial charge in [0.2, 0.25) is 0 Å². The molecule has 3 rings (SSSR count). The second-order valence-corrected chi connectivity index (χ2v) is 6.29. The number of aliphatic carboxylic acids is 1. The van der Waals surface area contributed by atoms with Gasteiger partial charge in [-0.1, -0.05) is 11.6 Å². The summed E-state index contributed by atoms with van der Waals surface area (Å²) < 4.78 is 0. The monoisotopic (exact) mass is 302 g/mol. The second kappa shape index (κ2) is 5.99. The van der Waals surface area contributed by atoms with E-state index in [4.69, 9.17) is 5.11 Å². The predicted molar refractivity (Wildman–Crippen MR) is 84.3 cm³/mol. The fraction of sp³-hybridized carbons (Fsp3) is 0.529. The molecule has 0 radical (unpaired) electrons. The van der Waals surface area contributed by atoms with Gasteiger partial charge in [0.05, 0.1) is 11.5 Å². The fourth-order valence-electron chi connectivity index (χ4n) is 3.37. The van der Waals surface area contributed by atoms with Crippen LogP contribution in [0.4, 0.5) is 5.69 Å². The number of rotatable bonds is 3. The van der Waals surface area contributed by atoms with Gasteiger partial charge in [0.1, 0.15) is 0 Å². The number of aryl methyl sites for hydroxylation is 1. The van der Waals surface area contributed by atoms with Crippen LogP contribution < -0.4 is 4.90 Å². The molecular formula is C17H22N2O3. The number of hydrogen-bond acceptors (Lipinski definition) is 3. The average molecular weight is 302 g/mol. The van der Waals surface area contributed by atoms with Crippen LogP contribution in [0.3, 0.4) is 0 Å². The molecule has 1 atom stereocenters. The summed E-state index contributed by atoms with van der Waals surface area (Å²) in [6.07, 6.45) is 2.87. The van der Waals surface area contributed by atoms with Crippen molar-refractivity contribution in [1.29, 1.82) is 0 Å². The number of hydrogen-bond donors (Lipinski definition) is 1. The van der Waals surface area contributed by atoms with Crippen LogP contribution in [-0.2, 0) is 4.79 Å². The number of carbonyl (C=O) groups excluding carboxylic acids is 1. The van der Waals surface area contributed by atoms with Gasteiger partial charge in [-0.15, -0.1) is 0 Å². The molecule has 0 bridgehead atoms. The van der Waals surface area contributed by atoms with Gasteiger partial charge in [-0.25, -0.2) is 0 Å². The molecule has 1 amide bonds. The molecule has 0 aromatic heterocycles. The Morgan fingerprint density at radius 2 is 1.91 bits per heavy atom. The van der Waals surface area contributed by atoms with Crippen LogP contribution in [0.5, 0.6) is 0 Å². The zero-order chi connectivity index (χ0) is 15.7. The van der Waals surface area contributed by atoms with E-state index in [1.54, 1.807) is 4.90 Å². The molecule has 118 valence electrons. The molecule has 2 aliphatic heterocycles. The largest absolute Gasteiger partial charge is 0.481 e. The Morgan fingerprint density at radius 3 is 2.55 bits per heavy atom. The topological polar surface area (TPSA) is 60.9 Å². The Bertz CT molecular complexity index is 594. The smallest absolute Gasteiger partial charge is 0.308 e. The lowest BCUT2D eigenvalue weighted by atomic mass is 10.1. The quantitative estimate of drug-likeness (QED) is 0.929. The maximum Gasteiger partial charge on any atom is 0.308 e. The molecule has 0 unspecified atom stereocenters. The lowest BCUT2D eigenvalue weighted by Crippen LogP contribution is -2.32. The van der Waals surface area contributed by atoms with Gasteiger partial charge in [0.25, 0.3) is 5.91 Å². The zero-order valence-electron chi connectivity index (χ0n) is 12.9. The van der Waals surface area contributed by atoms with Crippen molar-refractivity contribution in [1.82, 2.24) is 4.90 Å². The molecule has 0 saturated carbocycles. The highest BCUT2D eigenvalue weighted by Crippen LogP contribution is 2.28. The van der Waals surface area contributed by atoms with Gasteiger partial charge < -0.3 is 14.9 Å². The van der Waals surface area contributed by atoms with Crippen molar-refractivity contribution in [2.45, 2.75) is 26.2 Å². The standard InChI is InChI=1S/C17H22N2O3/c1-12-4-5-15(18-7-2-3-8-18)14(10-12)16(20)19-9-6-13(11-19)17(21)22/h4-5,10,13H,2-3,6-9,11H2,1H3,(H,21,22)/t13-/m0/s1. The van der Waals surface area contributed by atoms with E-state index in [1.165, 1.54) is 0 Å². The molecule has 1 N–H and O–H groups in total. The van der Waals surface area contributed by atoms with Crippen LogP contribution in [0.15, 0.2) is 18.2 Å². The molecule has 5 heteroatoms. The Balaban J connectivity index is 1.85. The fourth-order valence-corrected chi connectivity index (χ4v) is 3.37. The maximum atomic E-state index is 12.9. The van der Waals surface area contributed by atoms with Crippen molar-refractivity contribution < 1.29 is 14.7 Å². The number of nitrogens with zero attached hydrogens (tertiary/aromatic N) is 2. The third-order valence-electron chi connectivity index (χ3n) is 4.65. The van der Waals surface area contributed by atoms with Gasteiger partial charge in [-0.05, 0) is 38.3 Å². The number of carbonyl (C=O) groups is 2. The summed E-state index contributed by atoms with van der Waals surface area (Å²) in [7, 11) is 0. The molecule has 0 spiro atoms. The number of benzene rings is 1. The molecule has 1 aromatic rings. The van der Waals surface area contributed by atoms with Crippen LogP contribution in [0.1, 0.15) is 35.2 Å². The van der Waals surface area contributed by atoms with E-state index in [1.807, 2.05) is 25.1 Å². The Hall–Kier alpha value is -2.04. The third kappa shape index (κ3) is 2.80. The molecule has 22 heavy (non-hydrogen) atoms. The van der Waals surface area contributed by atoms with Crippen molar-refractivity contribution in [3.05, 3.63) is 29.3 Å². The highest BCUT2D eigenvalue weighted by molar-refractivity contribution is 6.00.